The van der Waals surface area contributed by atoms with Crippen LogP contribution in [0.2, 0.25) is 0 Å². The fourth-order valence-corrected chi connectivity index (χ4v) is 3.51. The van der Waals surface area contributed by atoms with Gasteiger partial charge in [-0.1, -0.05) is 36.9 Å². The van der Waals surface area contributed by atoms with E-state index in [1.807, 2.05) is 41.3 Å². The Balaban J connectivity index is 1.88. The number of carbonyl (C=O) groups is 2. The number of nitrogens with one attached hydrogen (secondary N) is 1. The highest BCUT2D eigenvalue weighted by atomic mass is 16.2. The van der Waals surface area contributed by atoms with E-state index in [4.69, 9.17) is 0 Å². The number of benzene rings is 1. The Morgan fingerprint density at radius 3 is 2.82 bits per heavy atom. The van der Waals surface area contributed by atoms with Crippen molar-refractivity contribution in [2.45, 2.75) is 12.8 Å². The van der Waals surface area contributed by atoms with Crippen molar-refractivity contribution in [1.82, 2.24) is 5.32 Å². The summed E-state index contributed by atoms with van der Waals surface area (Å²) in [7, 11) is 0. The van der Waals surface area contributed by atoms with E-state index in [2.05, 4.69) is 18.0 Å². The van der Waals surface area contributed by atoms with Gasteiger partial charge in [0.15, 0.2) is 0 Å². The number of para-hydroxylation sites is 1. The first kappa shape index (κ1) is 14.6. The van der Waals surface area contributed by atoms with E-state index >= 15 is 0 Å². The van der Waals surface area contributed by atoms with E-state index in [1.54, 1.807) is 0 Å². The molecule has 1 fully saturated rings. The fraction of sp³-hybridized carbons (Fsp3) is 0.333. The molecule has 22 heavy (non-hydrogen) atoms. The van der Waals surface area contributed by atoms with E-state index in [9.17, 15) is 9.59 Å². The van der Waals surface area contributed by atoms with E-state index in [0.717, 1.165) is 12.1 Å². The predicted molar refractivity (Wildman–Crippen MR) is 86.0 cm³/mol. The molecule has 0 bridgehead atoms. The summed E-state index contributed by atoms with van der Waals surface area (Å²) in [6.07, 6.45) is 7.01. The van der Waals surface area contributed by atoms with Gasteiger partial charge in [-0.3, -0.25) is 9.59 Å². The number of carbonyl (C=O) groups excluding carboxylic acids is 2. The molecule has 1 heterocycles. The van der Waals surface area contributed by atoms with Gasteiger partial charge >= 0.3 is 0 Å². The van der Waals surface area contributed by atoms with Gasteiger partial charge in [-0.05, 0) is 37.1 Å². The lowest BCUT2D eigenvalue weighted by molar-refractivity contribution is -0.135. The van der Waals surface area contributed by atoms with Crippen molar-refractivity contribution in [3.63, 3.8) is 0 Å². The van der Waals surface area contributed by atoms with E-state index in [-0.39, 0.29) is 29.6 Å². The van der Waals surface area contributed by atoms with Crippen LogP contribution in [0.3, 0.4) is 0 Å². The Morgan fingerprint density at radius 2 is 2.09 bits per heavy atom. The minimum absolute atomic E-state index is 0.0519. The summed E-state index contributed by atoms with van der Waals surface area (Å²) in [6, 6.07) is 9.67. The quantitative estimate of drug-likeness (QED) is 0.871. The number of anilines is 1. The molecule has 4 nitrogen and oxygen atoms in total. The number of rotatable bonds is 3. The summed E-state index contributed by atoms with van der Waals surface area (Å²) < 4.78 is 0. The molecule has 3 atom stereocenters. The standard InChI is InChI=1S/C18H20N2O2/c1-2-19-17(21)15-10-6-7-13-11-12-20(18(22)16(13)15)14-8-4-3-5-9-14/h2-9,13,15-16H,1,10-12H2,(H,19,21)/t13-,15-,16+/m0/s1. The van der Waals surface area contributed by atoms with Crippen LogP contribution in [0.5, 0.6) is 0 Å². The van der Waals surface area contributed by atoms with Crippen LogP contribution in [-0.4, -0.2) is 18.4 Å². The second-order valence-electron chi connectivity index (χ2n) is 5.79. The summed E-state index contributed by atoms with van der Waals surface area (Å²) in [5.41, 5.74) is 0.906. The second-order valence-corrected chi connectivity index (χ2v) is 5.79. The summed E-state index contributed by atoms with van der Waals surface area (Å²) in [5, 5.41) is 2.64. The van der Waals surface area contributed by atoms with Crippen LogP contribution in [0.4, 0.5) is 5.69 Å². The molecule has 1 aromatic carbocycles. The Labute approximate surface area is 130 Å². The normalized spacial score (nSPS) is 27.2. The van der Waals surface area contributed by atoms with Crippen molar-refractivity contribution in [3.8, 4) is 0 Å². The lowest BCUT2D eigenvalue weighted by Crippen LogP contribution is -2.51. The van der Waals surface area contributed by atoms with Crippen LogP contribution in [0.15, 0.2) is 55.3 Å². The Hall–Kier alpha value is -2.36. The van der Waals surface area contributed by atoms with Crippen molar-refractivity contribution < 1.29 is 9.59 Å². The van der Waals surface area contributed by atoms with Crippen molar-refractivity contribution in [2.24, 2.45) is 17.8 Å². The Bertz CT molecular complexity index is 609. The number of piperidine rings is 1. The summed E-state index contributed by atoms with van der Waals surface area (Å²) >= 11 is 0. The first-order valence-electron chi connectivity index (χ1n) is 7.66. The predicted octanol–water partition coefficient (Wildman–Crippen LogP) is 2.49. The number of hydrogen-bond acceptors (Lipinski definition) is 2. The third kappa shape index (κ3) is 2.56. The van der Waals surface area contributed by atoms with Gasteiger partial charge in [-0.15, -0.1) is 0 Å². The monoisotopic (exact) mass is 296 g/mol. The van der Waals surface area contributed by atoms with Gasteiger partial charge in [0.05, 0.1) is 11.8 Å². The molecule has 2 amide bonds. The van der Waals surface area contributed by atoms with Crippen molar-refractivity contribution in [3.05, 3.63) is 55.3 Å². The highest BCUT2D eigenvalue weighted by Gasteiger charge is 2.44. The van der Waals surface area contributed by atoms with Gasteiger partial charge in [0.25, 0.3) is 0 Å². The smallest absolute Gasteiger partial charge is 0.231 e. The van der Waals surface area contributed by atoms with Crippen LogP contribution >= 0.6 is 0 Å². The molecular weight excluding hydrogens is 276 g/mol. The molecule has 4 heteroatoms. The van der Waals surface area contributed by atoms with E-state index in [0.29, 0.717) is 13.0 Å². The second kappa shape index (κ2) is 6.18. The maximum absolute atomic E-state index is 13.0. The fourth-order valence-electron chi connectivity index (χ4n) is 3.51. The molecule has 2 aliphatic rings. The number of nitrogens with zero attached hydrogens (tertiary/aromatic N) is 1. The van der Waals surface area contributed by atoms with E-state index in [1.165, 1.54) is 6.20 Å². The number of allylic oxidation sites excluding steroid dienone is 2. The van der Waals surface area contributed by atoms with Crippen LogP contribution in [-0.2, 0) is 9.59 Å². The molecule has 0 spiro atoms. The molecule has 0 radical (unpaired) electrons. The largest absolute Gasteiger partial charge is 0.333 e. The van der Waals surface area contributed by atoms with Crippen molar-refractivity contribution in [2.75, 3.05) is 11.4 Å². The van der Waals surface area contributed by atoms with E-state index < -0.39 is 0 Å². The van der Waals surface area contributed by atoms with Crippen LogP contribution < -0.4 is 10.2 Å². The molecule has 1 aromatic rings. The van der Waals surface area contributed by atoms with Gasteiger partial charge in [0, 0.05) is 12.2 Å². The third-order valence-corrected chi connectivity index (χ3v) is 4.55. The first-order chi connectivity index (χ1) is 10.7. The summed E-state index contributed by atoms with van der Waals surface area (Å²) in [6.45, 7) is 4.23. The molecule has 0 saturated carbocycles. The molecular formula is C18H20N2O2. The molecule has 1 saturated heterocycles. The molecule has 1 N–H and O–H groups in total. The molecule has 0 unspecified atom stereocenters. The van der Waals surface area contributed by atoms with Crippen LogP contribution in [0, 0.1) is 17.8 Å². The van der Waals surface area contributed by atoms with Gasteiger partial charge in [0.1, 0.15) is 0 Å². The van der Waals surface area contributed by atoms with Gasteiger partial charge in [0.2, 0.25) is 11.8 Å². The van der Waals surface area contributed by atoms with Crippen molar-refractivity contribution >= 4 is 17.5 Å². The molecule has 114 valence electrons. The topological polar surface area (TPSA) is 49.4 Å². The number of amides is 2. The third-order valence-electron chi connectivity index (χ3n) is 4.55. The van der Waals surface area contributed by atoms with Gasteiger partial charge in [-0.25, -0.2) is 0 Å². The average Bonchev–Trinajstić information content (AvgIpc) is 2.56. The Kier molecular flexibility index (Phi) is 4.09. The summed E-state index contributed by atoms with van der Waals surface area (Å²) in [5.74, 6) is -0.499. The van der Waals surface area contributed by atoms with Gasteiger partial charge < -0.3 is 10.2 Å². The molecule has 1 aliphatic carbocycles. The van der Waals surface area contributed by atoms with Crippen LogP contribution in [0.25, 0.3) is 0 Å². The number of hydrogen-bond donors (Lipinski definition) is 1. The molecule has 3 rings (SSSR count). The Morgan fingerprint density at radius 1 is 1.32 bits per heavy atom. The minimum Gasteiger partial charge on any atom is -0.333 e. The maximum Gasteiger partial charge on any atom is 0.231 e. The lowest BCUT2D eigenvalue weighted by atomic mass is 9.71. The maximum atomic E-state index is 13.0. The highest BCUT2D eigenvalue weighted by molar-refractivity contribution is 5.99. The average molecular weight is 296 g/mol. The van der Waals surface area contributed by atoms with Crippen molar-refractivity contribution in [1.29, 1.82) is 0 Å². The molecule has 1 aliphatic heterocycles. The lowest BCUT2D eigenvalue weighted by Gasteiger charge is -2.41. The van der Waals surface area contributed by atoms with Gasteiger partial charge in [-0.2, -0.15) is 0 Å². The minimum atomic E-state index is -0.313. The highest BCUT2D eigenvalue weighted by Crippen LogP contribution is 2.38. The molecule has 0 aromatic heterocycles. The zero-order valence-electron chi connectivity index (χ0n) is 12.4. The SMILES string of the molecule is C=CNC(=O)[C@H]1CC=C[C@H]2CCN(c3ccccc3)C(=O)[C@@H]12. The zero-order valence-corrected chi connectivity index (χ0v) is 12.4. The zero-order chi connectivity index (χ0) is 15.5. The number of fused-ring (bicyclic) bond motifs is 1. The summed E-state index contributed by atoms with van der Waals surface area (Å²) in [4.78, 5) is 27.0. The first-order valence-corrected chi connectivity index (χ1v) is 7.66. The van der Waals surface area contributed by atoms with Crippen LogP contribution in [0.1, 0.15) is 12.8 Å².